The Morgan fingerprint density at radius 3 is 2.59 bits per heavy atom. The average Bonchev–Trinajstić information content (AvgIpc) is 2.23. The maximum atomic E-state index is 8.76. The zero-order chi connectivity index (χ0) is 12.1. The van der Waals surface area contributed by atoms with Gasteiger partial charge in [0.2, 0.25) is 0 Å². The van der Waals surface area contributed by atoms with E-state index in [-0.39, 0.29) is 6.61 Å². The molecule has 0 atom stereocenters. The Hall–Kier alpha value is -1.36. The van der Waals surface area contributed by atoms with E-state index in [1.165, 1.54) is 19.3 Å². The number of rotatable bonds is 6. The number of nitrogens with zero attached hydrogens (tertiary/aromatic N) is 2. The minimum atomic E-state index is 0.105. The molecule has 5 heteroatoms. The van der Waals surface area contributed by atoms with Crippen LogP contribution in [0.2, 0.25) is 0 Å². The van der Waals surface area contributed by atoms with Gasteiger partial charge in [0.1, 0.15) is 17.5 Å². The highest BCUT2D eigenvalue weighted by atomic mass is 16.3. The summed E-state index contributed by atoms with van der Waals surface area (Å²) in [6.45, 7) is 3.49. The molecule has 1 saturated carbocycles. The zero-order valence-electron chi connectivity index (χ0n) is 10.2. The second kappa shape index (κ2) is 5.82. The van der Waals surface area contributed by atoms with Gasteiger partial charge in [-0.2, -0.15) is 0 Å². The molecular weight excluding hydrogens is 216 g/mol. The van der Waals surface area contributed by atoms with Crippen LogP contribution in [0.4, 0.5) is 11.6 Å². The molecule has 0 radical (unpaired) electrons. The van der Waals surface area contributed by atoms with Crippen molar-refractivity contribution in [1.82, 2.24) is 9.97 Å². The molecule has 0 saturated heterocycles. The van der Waals surface area contributed by atoms with E-state index in [1.807, 2.05) is 13.0 Å². The van der Waals surface area contributed by atoms with Crippen molar-refractivity contribution in [2.24, 2.45) is 5.92 Å². The molecule has 0 spiro atoms. The predicted octanol–water partition coefficient (Wildman–Crippen LogP) is 1.40. The number of aryl methyl sites for hydroxylation is 1. The summed E-state index contributed by atoms with van der Waals surface area (Å²) in [5.41, 5.74) is 0. The number of aliphatic hydroxyl groups excluding tert-OH is 1. The number of hydrogen-bond donors (Lipinski definition) is 3. The highest BCUT2D eigenvalue weighted by molar-refractivity contribution is 5.47. The Kier molecular flexibility index (Phi) is 4.14. The van der Waals surface area contributed by atoms with Crippen LogP contribution in [0.15, 0.2) is 6.07 Å². The average molecular weight is 236 g/mol. The van der Waals surface area contributed by atoms with Crippen LogP contribution in [0.25, 0.3) is 0 Å². The van der Waals surface area contributed by atoms with E-state index in [0.29, 0.717) is 6.54 Å². The topological polar surface area (TPSA) is 70.1 Å². The fourth-order valence-electron chi connectivity index (χ4n) is 1.88. The Labute approximate surface area is 102 Å². The molecule has 1 aromatic rings. The SMILES string of the molecule is Cc1nc(NCCO)cc(NCC2CCC2)n1. The van der Waals surface area contributed by atoms with Crippen LogP contribution in [0.3, 0.4) is 0 Å². The van der Waals surface area contributed by atoms with E-state index in [2.05, 4.69) is 20.6 Å². The van der Waals surface area contributed by atoms with Crippen molar-refractivity contribution < 1.29 is 5.11 Å². The number of aliphatic hydroxyl groups is 1. The lowest BCUT2D eigenvalue weighted by Crippen LogP contribution is -2.21. The predicted molar refractivity (Wildman–Crippen MR) is 68.2 cm³/mol. The molecule has 0 aromatic carbocycles. The summed E-state index contributed by atoms with van der Waals surface area (Å²) in [6, 6.07) is 1.89. The molecule has 5 nitrogen and oxygen atoms in total. The van der Waals surface area contributed by atoms with Gasteiger partial charge in [-0.15, -0.1) is 0 Å². The first-order valence-corrected chi connectivity index (χ1v) is 6.22. The lowest BCUT2D eigenvalue weighted by Gasteiger charge is -2.25. The van der Waals surface area contributed by atoms with Crippen molar-refractivity contribution in [2.45, 2.75) is 26.2 Å². The van der Waals surface area contributed by atoms with Crippen molar-refractivity contribution in [3.05, 3.63) is 11.9 Å². The van der Waals surface area contributed by atoms with Gasteiger partial charge in [0, 0.05) is 19.2 Å². The van der Waals surface area contributed by atoms with Gasteiger partial charge in [0.05, 0.1) is 6.61 Å². The van der Waals surface area contributed by atoms with E-state index < -0.39 is 0 Å². The molecule has 1 aromatic heterocycles. The van der Waals surface area contributed by atoms with Gasteiger partial charge in [-0.3, -0.25) is 0 Å². The van der Waals surface area contributed by atoms with Gasteiger partial charge in [-0.25, -0.2) is 9.97 Å². The Balaban J connectivity index is 1.92. The largest absolute Gasteiger partial charge is 0.395 e. The molecule has 0 amide bonds. The normalized spacial score (nSPS) is 15.4. The summed E-state index contributed by atoms with van der Waals surface area (Å²) < 4.78 is 0. The fraction of sp³-hybridized carbons (Fsp3) is 0.667. The Bertz CT molecular complexity index is 366. The first kappa shape index (κ1) is 12.1. The molecule has 1 fully saturated rings. The highest BCUT2D eigenvalue weighted by Gasteiger charge is 2.16. The van der Waals surface area contributed by atoms with Crippen LogP contribution in [0.5, 0.6) is 0 Å². The quantitative estimate of drug-likeness (QED) is 0.696. The summed E-state index contributed by atoms with van der Waals surface area (Å²) in [7, 11) is 0. The molecule has 17 heavy (non-hydrogen) atoms. The molecule has 3 N–H and O–H groups in total. The summed E-state index contributed by atoms with van der Waals surface area (Å²) in [5, 5.41) is 15.2. The van der Waals surface area contributed by atoms with Crippen molar-refractivity contribution in [3.63, 3.8) is 0 Å². The Morgan fingerprint density at radius 1 is 1.29 bits per heavy atom. The van der Waals surface area contributed by atoms with Gasteiger partial charge in [0.15, 0.2) is 0 Å². The third kappa shape index (κ3) is 3.56. The van der Waals surface area contributed by atoms with E-state index in [9.17, 15) is 0 Å². The maximum absolute atomic E-state index is 8.76. The van der Waals surface area contributed by atoms with Gasteiger partial charge in [0.25, 0.3) is 0 Å². The number of aromatic nitrogens is 2. The molecule has 0 aliphatic heterocycles. The fourth-order valence-corrected chi connectivity index (χ4v) is 1.88. The lowest BCUT2D eigenvalue weighted by atomic mass is 9.85. The van der Waals surface area contributed by atoms with Crippen LogP contribution in [0, 0.1) is 12.8 Å². The molecule has 0 unspecified atom stereocenters. The van der Waals surface area contributed by atoms with Gasteiger partial charge in [-0.1, -0.05) is 6.42 Å². The summed E-state index contributed by atoms with van der Waals surface area (Å²) in [4.78, 5) is 8.61. The minimum Gasteiger partial charge on any atom is -0.395 e. The van der Waals surface area contributed by atoms with Crippen LogP contribution in [0.1, 0.15) is 25.1 Å². The summed E-state index contributed by atoms with van der Waals surface area (Å²) in [6.07, 6.45) is 4.01. The third-order valence-electron chi connectivity index (χ3n) is 3.05. The molecular formula is C12H20N4O. The van der Waals surface area contributed by atoms with E-state index >= 15 is 0 Å². The monoisotopic (exact) mass is 236 g/mol. The van der Waals surface area contributed by atoms with Crippen LogP contribution >= 0.6 is 0 Å². The second-order valence-electron chi connectivity index (χ2n) is 4.51. The van der Waals surface area contributed by atoms with Crippen LogP contribution in [-0.4, -0.2) is 34.8 Å². The first-order valence-electron chi connectivity index (χ1n) is 6.22. The molecule has 1 heterocycles. The van der Waals surface area contributed by atoms with Gasteiger partial charge < -0.3 is 15.7 Å². The van der Waals surface area contributed by atoms with Crippen molar-refractivity contribution in [3.8, 4) is 0 Å². The molecule has 94 valence electrons. The summed E-state index contributed by atoms with van der Waals surface area (Å²) in [5.74, 6) is 3.18. The summed E-state index contributed by atoms with van der Waals surface area (Å²) >= 11 is 0. The minimum absolute atomic E-state index is 0.105. The molecule has 1 aliphatic rings. The van der Waals surface area contributed by atoms with E-state index in [1.54, 1.807) is 0 Å². The van der Waals surface area contributed by atoms with Crippen LogP contribution in [-0.2, 0) is 0 Å². The molecule has 2 rings (SSSR count). The molecule has 0 bridgehead atoms. The van der Waals surface area contributed by atoms with Crippen molar-refractivity contribution >= 4 is 11.6 Å². The van der Waals surface area contributed by atoms with Crippen molar-refractivity contribution in [1.29, 1.82) is 0 Å². The zero-order valence-corrected chi connectivity index (χ0v) is 10.2. The number of nitrogens with one attached hydrogen (secondary N) is 2. The van der Waals surface area contributed by atoms with E-state index in [4.69, 9.17) is 5.11 Å². The van der Waals surface area contributed by atoms with Gasteiger partial charge in [-0.05, 0) is 25.7 Å². The third-order valence-corrected chi connectivity index (χ3v) is 3.05. The second-order valence-corrected chi connectivity index (χ2v) is 4.51. The number of anilines is 2. The van der Waals surface area contributed by atoms with Crippen LogP contribution < -0.4 is 10.6 Å². The first-order chi connectivity index (χ1) is 8.28. The van der Waals surface area contributed by atoms with Gasteiger partial charge >= 0.3 is 0 Å². The standard InChI is InChI=1S/C12H20N4O/c1-9-15-11(13-5-6-17)7-12(16-9)14-8-10-3-2-4-10/h7,10,17H,2-6,8H2,1H3,(H2,13,14,15,16). The highest BCUT2D eigenvalue weighted by Crippen LogP contribution is 2.26. The molecule has 1 aliphatic carbocycles. The number of hydrogen-bond acceptors (Lipinski definition) is 5. The van der Waals surface area contributed by atoms with Crippen molar-refractivity contribution in [2.75, 3.05) is 30.3 Å². The Morgan fingerprint density at radius 2 is 2.00 bits per heavy atom. The lowest BCUT2D eigenvalue weighted by molar-refractivity contribution is 0.311. The maximum Gasteiger partial charge on any atom is 0.131 e. The van der Waals surface area contributed by atoms with E-state index in [0.717, 1.165) is 29.9 Å². The smallest absolute Gasteiger partial charge is 0.131 e.